The molecule has 0 radical (unpaired) electrons. The summed E-state index contributed by atoms with van der Waals surface area (Å²) in [5, 5.41) is 66.2. The third kappa shape index (κ3) is 6.60. The van der Waals surface area contributed by atoms with E-state index in [4.69, 9.17) is 9.47 Å². The van der Waals surface area contributed by atoms with Crippen LogP contribution in [-0.2, 0) is 24.1 Å². The van der Waals surface area contributed by atoms with Crippen LogP contribution in [0.2, 0.25) is 0 Å². The van der Waals surface area contributed by atoms with E-state index >= 15 is 0 Å². The summed E-state index contributed by atoms with van der Waals surface area (Å²) < 4.78 is 49.2. The molecule has 5 rings (SSSR count). The summed E-state index contributed by atoms with van der Waals surface area (Å²) in [6.07, 6.45) is 0.934. The smallest absolute Gasteiger partial charge is 0.217 e. The maximum atomic E-state index is 12.6. The molecule has 266 valence electrons. The second-order valence-corrected chi connectivity index (χ2v) is 17.0. The molecule has 1 saturated heterocycles. The number of fused-ring (bicyclic) bond motifs is 5. The van der Waals surface area contributed by atoms with Gasteiger partial charge in [0.25, 0.3) is 0 Å². The van der Waals surface area contributed by atoms with E-state index in [9.17, 15) is 43.6 Å². The number of hydrogen-bond donors (Lipinski definition) is 6. The molecule has 0 unspecified atom stereocenters. The van der Waals surface area contributed by atoms with E-state index in [0.29, 0.717) is 25.7 Å². The van der Waals surface area contributed by atoms with Crippen molar-refractivity contribution in [3.63, 3.8) is 0 Å². The van der Waals surface area contributed by atoms with Gasteiger partial charge in [-0.05, 0) is 78.9 Å². The highest BCUT2D eigenvalue weighted by Gasteiger charge is 2.70. The fourth-order valence-electron chi connectivity index (χ4n) is 10.6. The zero-order valence-electron chi connectivity index (χ0n) is 27.6. The van der Waals surface area contributed by atoms with Crippen LogP contribution in [0.3, 0.4) is 0 Å². The molecular weight excluding hydrogens is 620 g/mol. The summed E-state index contributed by atoms with van der Waals surface area (Å²) in [6, 6.07) is 0. The minimum atomic E-state index is -4.80. The molecule has 0 aromatic rings. The van der Waals surface area contributed by atoms with Crippen molar-refractivity contribution in [3.05, 3.63) is 12.2 Å². The van der Waals surface area contributed by atoms with Crippen LogP contribution in [0.4, 0.5) is 0 Å². The third-order valence-electron chi connectivity index (χ3n) is 13.1. The molecule has 1 aliphatic heterocycles. The predicted octanol–water partition coefficient (Wildman–Crippen LogP) is 1.47. The first kappa shape index (κ1) is 36.6. The lowest BCUT2D eigenvalue weighted by atomic mass is 9.42. The minimum Gasteiger partial charge on any atom is -0.726 e. The first-order valence-corrected chi connectivity index (χ1v) is 18.3. The summed E-state index contributed by atoms with van der Waals surface area (Å²) in [5.74, 6) is -0.969. The van der Waals surface area contributed by atoms with Gasteiger partial charge in [0, 0.05) is 18.3 Å². The summed E-state index contributed by atoms with van der Waals surface area (Å²) in [7, 11) is -4.80. The molecule has 4 aliphatic carbocycles. The Bertz CT molecular complexity index is 1210. The summed E-state index contributed by atoms with van der Waals surface area (Å²) in [6.45, 7) is 9.84. The molecule has 0 amide bonds. The zero-order valence-corrected chi connectivity index (χ0v) is 28.5. The Morgan fingerprint density at radius 3 is 2.26 bits per heavy atom. The quantitative estimate of drug-likeness (QED) is 0.0890. The van der Waals surface area contributed by atoms with E-state index in [1.165, 1.54) is 0 Å². The number of allylic oxidation sites excluding steroid dienone is 1. The van der Waals surface area contributed by atoms with E-state index in [0.717, 1.165) is 12.8 Å². The van der Waals surface area contributed by atoms with Gasteiger partial charge in [-0.25, -0.2) is 8.42 Å². The molecule has 46 heavy (non-hydrogen) atoms. The Kier molecular flexibility index (Phi) is 10.5. The van der Waals surface area contributed by atoms with Crippen LogP contribution in [0.25, 0.3) is 0 Å². The third-order valence-corrected chi connectivity index (χ3v) is 13.5. The Hall–Kier alpha value is -0.710. The van der Waals surface area contributed by atoms with Gasteiger partial charge in [0.05, 0.1) is 37.1 Å². The molecule has 16 atom stereocenters. The van der Waals surface area contributed by atoms with Crippen molar-refractivity contribution in [1.29, 1.82) is 0 Å². The van der Waals surface area contributed by atoms with Crippen molar-refractivity contribution >= 4 is 10.4 Å². The molecule has 5 fully saturated rings. The number of rotatable bonds is 9. The fraction of sp³-hybridized carbons (Fsp3) is 0.939. The predicted molar refractivity (Wildman–Crippen MR) is 164 cm³/mol. The van der Waals surface area contributed by atoms with Gasteiger partial charge in [-0.1, -0.05) is 46.8 Å². The molecule has 0 aromatic heterocycles. The average Bonchev–Trinajstić information content (AvgIpc) is 3.24. The monoisotopic (exact) mass is 675 g/mol. The number of hydrogen-bond acceptors (Lipinski definition) is 12. The fourth-order valence-corrected chi connectivity index (χ4v) is 10.9. The zero-order chi connectivity index (χ0) is 34.0. The standard InChI is InChI=1S/C33H56O12S/c1-17(2)19(15-44-46(40,41)42)7-6-18(3)21-13-23(34)29-32(21,5)11-9-26-31(4)10-8-20(12-22(31)24(35)14-33(26,29)39)45-30-28(38)27(37)25(36)16-43-30/h6-7,17-30,34-39H,8-16H2,1-5H3,(H,40,41,42)/p-1/b7-6+/t18-,19+,20+,21-,22-,23+,24-,25-,26-,27+,28-,29-,30+,31+,32-,33+/m1/s1. The lowest BCUT2D eigenvalue weighted by Crippen LogP contribution is -2.68. The van der Waals surface area contributed by atoms with Crippen molar-refractivity contribution in [2.24, 2.45) is 52.3 Å². The van der Waals surface area contributed by atoms with Gasteiger partial charge >= 0.3 is 0 Å². The van der Waals surface area contributed by atoms with Gasteiger partial charge in [-0.3, -0.25) is 4.18 Å². The highest BCUT2D eigenvalue weighted by atomic mass is 32.3. The lowest BCUT2D eigenvalue weighted by molar-refractivity contribution is -0.300. The molecule has 5 aliphatic rings. The van der Waals surface area contributed by atoms with E-state index in [-0.39, 0.29) is 61.2 Å². The van der Waals surface area contributed by atoms with Crippen molar-refractivity contribution < 1.29 is 57.3 Å². The first-order valence-electron chi connectivity index (χ1n) is 17.0. The maximum absolute atomic E-state index is 12.6. The molecule has 0 aromatic carbocycles. The number of ether oxygens (including phenoxy) is 2. The number of aliphatic hydroxyl groups excluding tert-OH is 5. The second kappa shape index (κ2) is 13.2. The molecule has 12 nitrogen and oxygen atoms in total. The molecule has 0 bridgehead atoms. The highest BCUT2D eigenvalue weighted by Crippen LogP contribution is 2.69. The number of aliphatic hydroxyl groups is 6. The van der Waals surface area contributed by atoms with Crippen molar-refractivity contribution in [3.8, 4) is 0 Å². The van der Waals surface area contributed by atoms with Crippen LogP contribution in [0, 0.1) is 52.3 Å². The highest BCUT2D eigenvalue weighted by molar-refractivity contribution is 7.80. The molecule has 6 N–H and O–H groups in total. The average molecular weight is 676 g/mol. The summed E-state index contributed by atoms with van der Waals surface area (Å²) in [5.41, 5.74) is -2.09. The van der Waals surface area contributed by atoms with Gasteiger partial charge < -0.3 is 44.7 Å². The SMILES string of the molecule is CC(C)[C@@H](/C=C/[C@@H](C)[C@H]1C[C@H](O)[C@@H]2[C@]1(C)CC[C@@H]1[C@@]3(C)CC[C@H](O[C@@H]4OC[C@@H](O)[C@H](O)[C@H]4O)C[C@@H]3[C@H](O)C[C@]12O)COS(=O)(=O)[O-]. The van der Waals surface area contributed by atoms with Crippen LogP contribution in [-0.4, -0.2) is 105 Å². The van der Waals surface area contributed by atoms with Crippen LogP contribution in [0.1, 0.15) is 79.6 Å². The summed E-state index contributed by atoms with van der Waals surface area (Å²) >= 11 is 0. The van der Waals surface area contributed by atoms with E-state index in [1.807, 2.05) is 26.0 Å². The topological polar surface area (TPSA) is 206 Å². The van der Waals surface area contributed by atoms with Gasteiger partial charge in [0.1, 0.15) is 18.3 Å². The van der Waals surface area contributed by atoms with Crippen molar-refractivity contribution in [2.75, 3.05) is 13.2 Å². The van der Waals surface area contributed by atoms with Crippen LogP contribution in [0.5, 0.6) is 0 Å². The van der Waals surface area contributed by atoms with Gasteiger partial charge in [0.2, 0.25) is 10.4 Å². The van der Waals surface area contributed by atoms with Crippen LogP contribution < -0.4 is 0 Å². The van der Waals surface area contributed by atoms with E-state index < -0.39 is 69.6 Å². The van der Waals surface area contributed by atoms with Gasteiger partial charge in [-0.15, -0.1) is 0 Å². The second-order valence-electron chi connectivity index (χ2n) is 16.0. The molecule has 13 heteroatoms. The van der Waals surface area contributed by atoms with Gasteiger partial charge in [-0.2, -0.15) is 0 Å². The Labute approximate surface area is 273 Å². The van der Waals surface area contributed by atoms with Crippen molar-refractivity contribution in [2.45, 2.75) is 128 Å². The van der Waals surface area contributed by atoms with Gasteiger partial charge in [0.15, 0.2) is 6.29 Å². The van der Waals surface area contributed by atoms with E-state index in [2.05, 4.69) is 25.0 Å². The molecule has 4 saturated carbocycles. The Morgan fingerprint density at radius 1 is 0.935 bits per heavy atom. The lowest BCUT2D eigenvalue weighted by Gasteiger charge is -2.66. The van der Waals surface area contributed by atoms with Crippen LogP contribution in [0.15, 0.2) is 12.2 Å². The Morgan fingerprint density at radius 2 is 1.61 bits per heavy atom. The minimum absolute atomic E-state index is 0.00340. The maximum Gasteiger partial charge on any atom is 0.217 e. The first-order chi connectivity index (χ1) is 21.3. The van der Waals surface area contributed by atoms with E-state index in [1.54, 1.807) is 0 Å². The van der Waals surface area contributed by atoms with Crippen LogP contribution >= 0.6 is 0 Å². The normalized spacial score (nSPS) is 49.4. The largest absolute Gasteiger partial charge is 0.726 e. The molecule has 0 spiro atoms. The Balaban J connectivity index is 1.31. The molecule has 1 heterocycles. The summed E-state index contributed by atoms with van der Waals surface area (Å²) in [4.78, 5) is 0. The van der Waals surface area contributed by atoms with Crippen molar-refractivity contribution in [1.82, 2.24) is 0 Å². The molecular formula is C33H55O12S-.